The Labute approximate surface area is 102 Å². The predicted octanol–water partition coefficient (Wildman–Crippen LogP) is 1.05. The minimum absolute atomic E-state index is 0.317. The summed E-state index contributed by atoms with van der Waals surface area (Å²) in [6.07, 6.45) is 4.91. The van der Waals surface area contributed by atoms with Crippen molar-refractivity contribution in [3.8, 4) is 0 Å². The maximum atomic E-state index is 5.77. The van der Waals surface area contributed by atoms with Gasteiger partial charge in [-0.1, -0.05) is 0 Å². The molecular formula is C12H20N4O. The van der Waals surface area contributed by atoms with Crippen molar-refractivity contribution in [2.45, 2.75) is 51.3 Å². The van der Waals surface area contributed by atoms with E-state index >= 15 is 0 Å². The van der Waals surface area contributed by atoms with Crippen LogP contribution in [0.1, 0.15) is 43.9 Å². The fraction of sp³-hybridized carbons (Fsp3) is 0.833. The molecule has 2 aliphatic rings. The van der Waals surface area contributed by atoms with E-state index < -0.39 is 0 Å². The van der Waals surface area contributed by atoms with Gasteiger partial charge in [0, 0.05) is 26.1 Å². The molecule has 5 nitrogen and oxygen atoms in total. The standard InChI is InChI=1S/C12H20N4O/c1-9-12-15-14-11(16(12)6-5-13-9)8-10-4-2-3-7-17-10/h9-10,13H,2-8H2,1H3. The first-order valence-electron chi connectivity index (χ1n) is 6.61. The summed E-state index contributed by atoms with van der Waals surface area (Å²) in [6.45, 7) is 5.03. The third-order valence-corrected chi connectivity index (χ3v) is 3.71. The minimum atomic E-state index is 0.317. The van der Waals surface area contributed by atoms with Gasteiger partial charge in [0.1, 0.15) is 11.6 Å². The molecule has 3 rings (SSSR count). The third kappa shape index (κ3) is 2.21. The lowest BCUT2D eigenvalue weighted by Gasteiger charge is -2.25. The van der Waals surface area contributed by atoms with Crippen LogP contribution in [0.3, 0.4) is 0 Å². The Morgan fingerprint density at radius 1 is 1.41 bits per heavy atom. The van der Waals surface area contributed by atoms with Crippen LogP contribution < -0.4 is 5.32 Å². The molecule has 0 spiro atoms. The Hall–Kier alpha value is -0.940. The molecule has 2 aliphatic heterocycles. The fourth-order valence-corrected chi connectivity index (χ4v) is 2.72. The van der Waals surface area contributed by atoms with Crippen LogP contribution in [0, 0.1) is 0 Å². The highest BCUT2D eigenvalue weighted by Gasteiger charge is 2.24. The highest BCUT2D eigenvalue weighted by atomic mass is 16.5. The molecule has 1 aromatic rings. The number of rotatable bonds is 2. The van der Waals surface area contributed by atoms with E-state index in [1.54, 1.807) is 0 Å². The van der Waals surface area contributed by atoms with E-state index in [1.165, 1.54) is 12.8 Å². The monoisotopic (exact) mass is 236 g/mol. The van der Waals surface area contributed by atoms with Crippen molar-refractivity contribution in [1.29, 1.82) is 0 Å². The molecule has 0 radical (unpaired) electrons. The van der Waals surface area contributed by atoms with Gasteiger partial charge in [0.25, 0.3) is 0 Å². The Kier molecular flexibility index (Phi) is 3.11. The summed E-state index contributed by atoms with van der Waals surface area (Å²) in [5, 5.41) is 12.0. The Morgan fingerprint density at radius 3 is 3.18 bits per heavy atom. The minimum Gasteiger partial charge on any atom is -0.378 e. The molecule has 1 N–H and O–H groups in total. The Balaban J connectivity index is 1.74. The molecule has 2 unspecified atom stereocenters. The molecular weight excluding hydrogens is 216 g/mol. The van der Waals surface area contributed by atoms with Gasteiger partial charge in [-0.3, -0.25) is 0 Å². The number of nitrogens with zero attached hydrogens (tertiary/aromatic N) is 3. The van der Waals surface area contributed by atoms with Crippen molar-refractivity contribution in [2.24, 2.45) is 0 Å². The number of nitrogens with one attached hydrogen (secondary N) is 1. The van der Waals surface area contributed by atoms with Gasteiger partial charge in [0.05, 0.1) is 12.1 Å². The van der Waals surface area contributed by atoms with Crippen molar-refractivity contribution >= 4 is 0 Å². The maximum absolute atomic E-state index is 5.77. The zero-order valence-corrected chi connectivity index (χ0v) is 10.4. The van der Waals surface area contributed by atoms with Crippen molar-refractivity contribution in [2.75, 3.05) is 13.2 Å². The second-order valence-electron chi connectivity index (χ2n) is 4.99. The van der Waals surface area contributed by atoms with Gasteiger partial charge in [-0.2, -0.15) is 0 Å². The number of hydrogen-bond acceptors (Lipinski definition) is 4. The normalized spacial score (nSPS) is 29.0. The first-order chi connectivity index (χ1) is 8.34. The lowest BCUT2D eigenvalue weighted by Crippen LogP contribution is -2.33. The number of fused-ring (bicyclic) bond motifs is 1. The summed E-state index contributed by atoms with van der Waals surface area (Å²) < 4.78 is 8.04. The van der Waals surface area contributed by atoms with Crippen LogP contribution in [-0.4, -0.2) is 34.0 Å². The first-order valence-corrected chi connectivity index (χ1v) is 6.61. The van der Waals surface area contributed by atoms with Crippen molar-refractivity contribution in [3.63, 3.8) is 0 Å². The van der Waals surface area contributed by atoms with E-state index in [0.29, 0.717) is 12.1 Å². The molecule has 3 heterocycles. The SMILES string of the molecule is CC1NCCn2c(CC3CCCCO3)nnc21. The molecule has 2 atom stereocenters. The zero-order chi connectivity index (χ0) is 11.7. The van der Waals surface area contributed by atoms with E-state index in [2.05, 4.69) is 27.0 Å². The Morgan fingerprint density at radius 2 is 2.35 bits per heavy atom. The Bertz CT molecular complexity index is 384. The highest BCUT2D eigenvalue weighted by Crippen LogP contribution is 2.20. The van der Waals surface area contributed by atoms with E-state index in [1.807, 2.05) is 0 Å². The van der Waals surface area contributed by atoms with Gasteiger partial charge in [0.2, 0.25) is 0 Å². The lowest BCUT2D eigenvalue weighted by atomic mass is 10.1. The number of ether oxygens (including phenoxy) is 1. The van der Waals surface area contributed by atoms with Crippen LogP contribution in [0.5, 0.6) is 0 Å². The highest BCUT2D eigenvalue weighted by molar-refractivity contribution is 5.04. The molecule has 5 heteroatoms. The van der Waals surface area contributed by atoms with Crippen molar-refractivity contribution < 1.29 is 4.74 Å². The molecule has 94 valence electrons. The number of hydrogen-bond donors (Lipinski definition) is 1. The summed E-state index contributed by atoms with van der Waals surface area (Å²) in [5.41, 5.74) is 0. The smallest absolute Gasteiger partial charge is 0.149 e. The summed E-state index contributed by atoms with van der Waals surface area (Å²) in [5.74, 6) is 2.17. The number of aromatic nitrogens is 3. The van der Waals surface area contributed by atoms with Crippen LogP contribution in [0.15, 0.2) is 0 Å². The van der Waals surface area contributed by atoms with Gasteiger partial charge in [-0.05, 0) is 26.2 Å². The van der Waals surface area contributed by atoms with Gasteiger partial charge >= 0.3 is 0 Å². The van der Waals surface area contributed by atoms with Crippen molar-refractivity contribution in [1.82, 2.24) is 20.1 Å². The molecule has 17 heavy (non-hydrogen) atoms. The average Bonchev–Trinajstić information content (AvgIpc) is 2.76. The van der Waals surface area contributed by atoms with Gasteiger partial charge in [0.15, 0.2) is 0 Å². The van der Waals surface area contributed by atoms with E-state index in [9.17, 15) is 0 Å². The van der Waals surface area contributed by atoms with Crippen LogP contribution in [0.25, 0.3) is 0 Å². The summed E-state index contributed by atoms with van der Waals surface area (Å²) >= 11 is 0. The van der Waals surface area contributed by atoms with Gasteiger partial charge in [-0.15, -0.1) is 10.2 Å². The fourth-order valence-electron chi connectivity index (χ4n) is 2.72. The van der Waals surface area contributed by atoms with E-state index in [0.717, 1.165) is 44.2 Å². The second-order valence-corrected chi connectivity index (χ2v) is 4.99. The molecule has 0 bridgehead atoms. The van der Waals surface area contributed by atoms with Crippen LogP contribution in [-0.2, 0) is 17.7 Å². The second kappa shape index (κ2) is 4.74. The molecule has 0 aromatic carbocycles. The summed E-state index contributed by atoms with van der Waals surface area (Å²) in [6, 6.07) is 0.317. The van der Waals surface area contributed by atoms with Crippen LogP contribution in [0.2, 0.25) is 0 Å². The first kappa shape index (κ1) is 11.2. The van der Waals surface area contributed by atoms with Crippen molar-refractivity contribution in [3.05, 3.63) is 11.6 Å². The molecule has 0 amide bonds. The molecule has 0 saturated carbocycles. The summed E-state index contributed by atoms with van der Waals surface area (Å²) in [4.78, 5) is 0. The van der Waals surface area contributed by atoms with Crippen LogP contribution >= 0.6 is 0 Å². The molecule has 1 fully saturated rings. The molecule has 1 saturated heterocycles. The van der Waals surface area contributed by atoms with Crippen LogP contribution in [0.4, 0.5) is 0 Å². The quantitative estimate of drug-likeness (QED) is 0.834. The lowest BCUT2D eigenvalue weighted by molar-refractivity contribution is 0.0150. The zero-order valence-electron chi connectivity index (χ0n) is 10.4. The third-order valence-electron chi connectivity index (χ3n) is 3.71. The van der Waals surface area contributed by atoms with Gasteiger partial charge < -0.3 is 14.6 Å². The van der Waals surface area contributed by atoms with Gasteiger partial charge in [-0.25, -0.2) is 0 Å². The molecule has 0 aliphatic carbocycles. The summed E-state index contributed by atoms with van der Waals surface area (Å²) in [7, 11) is 0. The average molecular weight is 236 g/mol. The van der Waals surface area contributed by atoms with E-state index in [4.69, 9.17) is 4.74 Å². The van der Waals surface area contributed by atoms with E-state index in [-0.39, 0.29) is 0 Å². The topological polar surface area (TPSA) is 52.0 Å². The molecule has 1 aromatic heterocycles. The maximum Gasteiger partial charge on any atom is 0.149 e. The predicted molar refractivity (Wildman–Crippen MR) is 63.7 cm³/mol. The largest absolute Gasteiger partial charge is 0.378 e.